The van der Waals surface area contributed by atoms with E-state index in [1.54, 1.807) is 18.3 Å². The van der Waals surface area contributed by atoms with E-state index in [1.165, 1.54) is 7.11 Å². The van der Waals surface area contributed by atoms with Crippen LogP contribution in [0.2, 0.25) is 5.02 Å². The Morgan fingerprint density at radius 3 is 2.57 bits per heavy atom. The van der Waals surface area contributed by atoms with Gasteiger partial charge in [-0.25, -0.2) is 0 Å². The molecule has 0 bridgehead atoms. The van der Waals surface area contributed by atoms with Crippen LogP contribution in [0.5, 0.6) is 17.2 Å². The lowest BCUT2D eigenvalue weighted by atomic mass is 10.1. The molecule has 3 aromatic rings. The Morgan fingerprint density at radius 2 is 1.90 bits per heavy atom. The van der Waals surface area contributed by atoms with E-state index in [9.17, 15) is 4.79 Å². The highest BCUT2D eigenvalue weighted by molar-refractivity contribution is 6.32. The van der Waals surface area contributed by atoms with Crippen molar-refractivity contribution in [3.63, 3.8) is 0 Å². The number of amides is 1. The summed E-state index contributed by atoms with van der Waals surface area (Å²) >= 11 is 6.24. The van der Waals surface area contributed by atoms with Gasteiger partial charge in [-0.1, -0.05) is 29.8 Å². The summed E-state index contributed by atoms with van der Waals surface area (Å²) in [5.41, 5.74) is 2.20. The van der Waals surface area contributed by atoms with Crippen LogP contribution in [0.4, 0.5) is 0 Å². The molecule has 2 aromatic carbocycles. The molecule has 1 heterocycles. The van der Waals surface area contributed by atoms with Crippen molar-refractivity contribution in [3.8, 4) is 17.2 Å². The molecule has 1 N–H and O–H groups in total. The molecule has 0 fully saturated rings. The lowest BCUT2D eigenvalue weighted by Gasteiger charge is -2.13. The highest BCUT2D eigenvalue weighted by Crippen LogP contribution is 2.36. The van der Waals surface area contributed by atoms with Gasteiger partial charge in [0, 0.05) is 18.3 Å². The largest absolute Gasteiger partial charge is 0.493 e. The van der Waals surface area contributed by atoms with E-state index in [1.807, 2.05) is 49.4 Å². The standard InChI is InChI=1S/C23H23ClN2O4/c1-3-29-22-20(24)12-17(13-21(22)28-2)23(27)26-14-16-7-9-19(10-8-16)30-15-18-6-4-5-11-25-18/h4-13H,3,14-15H2,1-2H3,(H,26,27). The molecule has 156 valence electrons. The number of benzene rings is 2. The highest BCUT2D eigenvalue weighted by atomic mass is 35.5. The van der Waals surface area contributed by atoms with Crippen LogP contribution < -0.4 is 19.5 Å². The van der Waals surface area contributed by atoms with Crippen LogP contribution in [0.15, 0.2) is 60.8 Å². The average Bonchev–Trinajstić information content (AvgIpc) is 2.78. The molecule has 0 atom stereocenters. The van der Waals surface area contributed by atoms with Gasteiger partial charge < -0.3 is 19.5 Å². The maximum Gasteiger partial charge on any atom is 0.251 e. The van der Waals surface area contributed by atoms with Crippen LogP contribution in [0.1, 0.15) is 28.5 Å². The molecule has 0 spiro atoms. The first-order valence-corrected chi connectivity index (χ1v) is 9.88. The van der Waals surface area contributed by atoms with Gasteiger partial charge in [-0.2, -0.15) is 0 Å². The number of aromatic nitrogens is 1. The highest BCUT2D eigenvalue weighted by Gasteiger charge is 2.15. The first kappa shape index (κ1) is 21.5. The zero-order valence-corrected chi connectivity index (χ0v) is 17.6. The fraction of sp³-hybridized carbons (Fsp3) is 0.217. The van der Waals surface area contributed by atoms with E-state index in [2.05, 4.69) is 10.3 Å². The molecule has 1 aromatic heterocycles. The van der Waals surface area contributed by atoms with Gasteiger partial charge in [0.2, 0.25) is 0 Å². The molecular formula is C23H23ClN2O4. The van der Waals surface area contributed by atoms with Crippen LogP contribution in [0.3, 0.4) is 0 Å². The minimum Gasteiger partial charge on any atom is -0.493 e. The number of nitrogens with zero attached hydrogens (tertiary/aromatic N) is 1. The molecule has 0 saturated heterocycles. The molecule has 0 aliphatic rings. The lowest BCUT2D eigenvalue weighted by Crippen LogP contribution is -2.22. The van der Waals surface area contributed by atoms with E-state index in [-0.39, 0.29) is 5.91 Å². The van der Waals surface area contributed by atoms with Crippen molar-refractivity contribution in [2.24, 2.45) is 0 Å². The van der Waals surface area contributed by atoms with E-state index >= 15 is 0 Å². The number of hydrogen-bond acceptors (Lipinski definition) is 5. The fourth-order valence-electron chi connectivity index (χ4n) is 2.76. The van der Waals surface area contributed by atoms with Crippen LogP contribution in [-0.2, 0) is 13.2 Å². The molecule has 6 nitrogen and oxygen atoms in total. The van der Waals surface area contributed by atoms with Gasteiger partial charge >= 0.3 is 0 Å². The molecule has 0 aliphatic carbocycles. The zero-order valence-electron chi connectivity index (χ0n) is 16.9. The van der Waals surface area contributed by atoms with Crippen LogP contribution in [0.25, 0.3) is 0 Å². The minimum atomic E-state index is -0.256. The van der Waals surface area contributed by atoms with Gasteiger partial charge in [-0.15, -0.1) is 0 Å². The van der Waals surface area contributed by atoms with Crippen molar-refractivity contribution in [2.75, 3.05) is 13.7 Å². The summed E-state index contributed by atoms with van der Waals surface area (Å²) in [4.78, 5) is 16.8. The van der Waals surface area contributed by atoms with E-state index < -0.39 is 0 Å². The number of nitrogens with one attached hydrogen (secondary N) is 1. The molecule has 0 aliphatic heterocycles. The van der Waals surface area contributed by atoms with Crippen molar-refractivity contribution in [1.29, 1.82) is 0 Å². The van der Waals surface area contributed by atoms with Crippen molar-refractivity contribution in [2.45, 2.75) is 20.1 Å². The molecule has 30 heavy (non-hydrogen) atoms. The first-order chi connectivity index (χ1) is 14.6. The summed E-state index contributed by atoms with van der Waals surface area (Å²) in [6.07, 6.45) is 1.73. The Kier molecular flexibility index (Phi) is 7.51. The number of carbonyl (C=O) groups excluding carboxylic acids is 1. The van der Waals surface area contributed by atoms with Gasteiger partial charge in [-0.3, -0.25) is 9.78 Å². The Bertz CT molecular complexity index is 978. The maximum absolute atomic E-state index is 12.5. The first-order valence-electron chi connectivity index (χ1n) is 9.51. The smallest absolute Gasteiger partial charge is 0.251 e. The maximum atomic E-state index is 12.5. The summed E-state index contributed by atoms with van der Waals surface area (Å²) in [6.45, 7) is 3.07. The van der Waals surface area contributed by atoms with Crippen LogP contribution in [-0.4, -0.2) is 24.6 Å². The minimum absolute atomic E-state index is 0.256. The summed E-state index contributed by atoms with van der Waals surface area (Å²) < 4.78 is 16.5. The normalized spacial score (nSPS) is 10.4. The van der Waals surface area contributed by atoms with E-state index in [0.717, 1.165) is 17.0 Å². The molecule has 0 radical (unpaired) electrons. The average molecular weight is 427 g/mol. The van der Waals surface area contributed by atoms with Crippen molar-refractivity contribution in [1.82, 2.24) is 10.3 Å². The number of carbonyl (C=O) groups is 1. The van der Waals surface area contributed by atoms with Crippen LogP contribution in [0, 0.1) is 0 Å². The van der Waals surface area contributed by atoms with Crippen LogP contribution >= 0.6 is 11.6 Å². The molecule has 7 heteroatoms. The molecule has 3 rings (SSSR count). The van der Waals surface area contributed by atoms with Gasteiger partial charge in [0.15, 0.2) is 11.5 Å². The summed E-state index contributed by atoms with van der Waals surface area (Å²) in [5.74, 6) is 1.33. The third-order valence-corrected chi connectivity index (χ3v) is 4.55. The van der Waals surface area contributed by atoms with Gasteiger partial charge in [-0.05, 0) is 48.9 Å². The van der Waals surface area contributed by atoms with Crippen molar-refractivity contribution < 1.29 is 19.0 Å². The Morgan fingerprint density at radius 1 is 1.10 bits per heavy atom. The number of hydrogen-bond donors (Lipinski definition) is 1. The molecular weight excluding hydrogens is 404 g/mol. The van der Waals surface area contributed by atoms with Crippen molar-refractivity contribution in [3.05, 3.63) is 82.6 Å². The summed E-state index contributed by atoms with van der Waals surface area (Å²) in [7, 11) is 1.51. The Labute approximate surface area is 180 Å². The third-order valence-electron chi connectivity index (χ3n) is 4.27. The second-order valence-electron chi connectivity index (χ2n) is 6.36. The molecule has 0 unspecified atom stereocenters. The fourth-order valence-corrected chi connectivity index (χ4v) is 3.03. The topological polar surface area (TPSA) is 69.7 Å². The number of pyridine rings is 1. The monoisotopic (exact) mass is 426 g/mol. The number of methoxy groups -OCH3 is 1. The summed E-state index contributed by atoms with van der Waals surface area (Å²) in [6, 6.07) is 16.4. The quantitative estimate of drug-likeness (QED) is 0.539. The number of ether oxygens (including phenoxy) is 3. The zero-order chi connectivity index (χ0) is 21.3. The SMILES string of the molecule is CCOc1c(Cl)cc(C(=O)NCc2ccc(OCc3ccccn3)cc2)cc1OC. The molecule has 1 amide bonds. The lowest BCUT2D eigenvalue weighted by molar-refractivity contribution is 0.0950. The predicted molar refractivity (Wildman–Crippen MR) is 115 cm³/mol. The predicted octanol–water partition coefficient (Wildman–Crippen LogP) is 4.65. The van der Waals surface area contributed by atoms with E-state index in [0.29, 0.717) is 41.8 Å². The second kappa shape index (κ2) is 10.5. The second-order valence-corrected chi connectivity index (χ2v) is 6.77. The van der Waals surface area contributed by atoms with Gasteiger partial charge in [0.1, 0.15) is 12.4 Å². The molecule has 0 saturated carbocycles. The Hall–Kier alpha value is -3.25. The summed E-state index contributed by atoms with van der Waals surface area (Å²) in [5, 5.41) is 3.21. The van der Waals surface area contributed by atoms with Gasteiger partial charge in [0.05, 0.1) is 24.4 Å². The Balaban J connectivity index is 1.57. The van der Waals surface area contributed by atoms with Crippen molar-refractivity contribution >= 4 is 17.5 Å². The van der Waals surface area contributed by atoms with E-state index in [4.69, 9.17) is 25.8 Å². The number of halogens is 1. The van der Waals surface area contributed by atoms with Gasteiger partial charge in [0.25, 0.3) is 5.91 Å². The third kappa shape index (κ3) is 5.64. The number of rotatable bonds is 9.